The first kappa shape index (κ1) is 42.2. The number of ether oxygens (including phenoxy) is 4. The van der Waals surface area contributed by atoms with Crippen LogP contribution in [0.4, 0.5) is 4.79 Å². The van der Waals surface area contributed by atoms with Crippen molar-refractivity contribution in [2.75, 3.05) is 39.5 Å². The fourth-order valence-electron chi connectivity index (χ4n) is 5.18. The van der Waals surface area contributed by atoms with Crippen LogP contribution in [0, 0.1) is 5.92 Å². The summed E-state index contributed by atoms with van der Waals surface area (Å²) in [6.45, 7) is 14.3. The maximum Gasteiger partial charge on any atom is 0.508 e. The highest BCUT2D eigenvalue weighted by Crippen LogP contribution is 2.17. The van der Waals surface area contributed by atoms with Crippen LogP contribution in [0.15, 0.2) is 0 Å². The van der Waals surface area contributed by atoms with Crippen molar-refractivity contribution >= 4 is 18.1 Å². The summed E-state index contributed by atoms with van der Waals surface area (Å²) >= 11 is 0. The highest BCUT2D eigenvalue weighted by atomic mass is 16.7. The smallest absolute Gasteiger partial charge is 0.465 e. The molecule has 0 amide bonds. The maximum atomic E-state index is 12.4. The van der Waals surface area contributed by atoms with Crippen LogP contribution in [0.25, 0.3) is 0 Å². The molecule has 0 aromatic heterocycles. The van der Waals surface area contributed by atoms with E-state index in [0.717, 1.165) is 116 Å². The maximum absolute atomic E-state index is 12.4. The van der Waals surface area contributed by atoms with Crippen LogP contribution < -0.4 is 0 Å². The number of hydrogen-bond acceptors (Lipinski definition) is 8. The first-order valence-corrected chi connectivity index (χ1v) is 18.3. The molecule has 0 aliphatic heterocycles. The van der Waals surface area contributed by atoms with E-state index in [1.54, 1.807) is 0 Å². The SMILES string of the molecule is CCCCCCCCC(=O)OCC(CCCCCCC(=O)OC(CCCC)CCCC)COC(=O)OCCCN(CC)CC. The minimum Gasteiger partial charge on any atom is -0.465 e. The standard InChI is InChI=1S/C36H69NO7/c1-6-11-14-15-16-20-26-34(38)42-30-32(31-43-36(40)41-29-22-28-37(9-4)10-5)23-19-17-18-21-27-35(39)44-33(24-12-7-2)25-13-8-3/h32-33H,6-31H2,1-5H3. The molecule has 0 aliphatic rings. The topological polar surface area (TPSA) is 91.4 Å². The van der Waals surface area contributed by atoms with Crippen molar-refractivity contribution < 1.29 is 33.3 Å². The molecule has 0 bridgehead atoms. The van der Waals surface area contributed by atoms with Crippen LogP contribution in [0.3, 0.4) is 0 Å². The van der Waals surface area contributed by atoms with Crippen LogP contribution in [0.1, 0.15) is 163 Å². The molecule has 0 aromatic rings. The van der Waals surface area contributed by atoms with Gasteiger partial charge in [-0.1, -0.05) is 112 Å². The van der Waals surface area contributed by atoms with E-state index in [0.29, 0.717) is 19.4 Å². The Morgan fingerprint density at radius 3 is 1.70 bits per heavy atom. The number of carbonyl (C=O) groups excluding carboxylic acids is 3. The third kappa shape index (κ3) is 26.6. The Morgan fingerprint density at radius 2 is 1.09 bits per heavy atom. The Kier molecular flexibility index (Phi) is 29.9. The Bertz CT molecular complexity index is 675. The summed E-state index contributed by atoms with van der Waals surface area (Å²) in [4.78, 5) is 39.2. The summed E-state index contributed by atoms with van der Waals surface area (Å²) in [6, 6.07) is 0. The third-order valence-corrected chi connectivity index (χ3v) is 8.19. The summed E-state index contributed by atoms with van der Waals surface area (Å²) < 4.78 is 22.0. The van der Waals surface area contributed by atoms with E-state index in [1.807, 2.05) is 0 Å². The predicted octanol–water partition coefficient (Wildman–Crippen LogP) is 9.41. The lowest BCUT2D eigenvalue weighted by molar-refractivity contribution is -0.150. The van der Waals surface area contributed by atoms with Crippen molar-refractivity contribution in [2.45, 2.75) is 169 Å². The third-order valence-electron chi connectivity index (χ3n) is 8.19. The van der Waals surface area contributed by atoms with Gasteiger partial charge in [0.25, 0.3) is 0 Å². The molecule has 0 saturated carbocycles. The quantitative estimate of drug-likeness (QED) is 0.0426. The number of esters is 2. The van der Waals surface area contributed by atoms with Gasteiger partial charge in [-0.2, -0.15) is 0 Å². The molecule has 8 nitrogen and oxygen atoms in total. The summed E-state index contributed by atoms with van der Waals surface area (Å²) in [7, 11) is 0. The van der Waals surface area contributed by atoms with Gasteiger partial charge in [0.2, 0.25) is 0 Å². The van der Waals surface area contributed by atoms with Crippen molar-refractivity contribution in [3.8, 4) is 0 Å². The van der Waals surface area contributed by atoms with Crippen LogP contribution in [-0.4, -0.2) is 68.6 Å². The summed E-state index contributed by atoms with van der Waals surface area (Å²) in [6.07, 6.45) is 18.5. The first-order valence-electron chi connectivity index (χ1n) is 18.3. The number of carbonyl (C=O) groups is 3. The fraction of sp³-hybridized carbons (Fsp3) is 0.917. The Hall–Kier alpha value is -1.83. The lowest BCUT2D eigenvalue weighted by atomic mass is 10.0. The number of unbranched alkanes of at least 4 members (excludes halogenated alkanes) is 10. The molecule has 44 heavy (non-hydrogen) atoms. The molecular formula is C36H69NO7. The van der Waals surface area contributed by atoms with Gasteiger partial charge in [0.1, 0.15) is 12.7 Å². The highest BCUT2D eigenvalue weighted by molar-refractivity contribution is 5.69. The van der Waals surface area contributed by atoms with E-state index in [2.05, 4.69) is 39.5 Å². The van der Waals surface area contributed by atoms with Gasteiger partial charge in [0.05, 0.1) is 13.2 Å². The Balaban J connectivity index is 4.50. The zero-order chi connectivity index (χ0) is 32.7. The number of nitrogens with zero attached hydrogens (tertiary/aromatic N) is 1. The molecule has 1 unspecified atom stereocenters. The molecule has 1 atom stereocenters. The van der Waals surface area contributed by atoms with E-state index in [1.165, 1.54) is 19.3 Å². The van der Waals surface area contributed by atoms with Crippen molar-refractivity contribution in [2.24, 2.45) is 5.92 Å². The van der Waals surface area contributed by atoms with Crippen LogP contribution in [0.5, 0.6) is 0 Å². The molecule has 8 heteroatoms. The molecular weight excluding hydrogens is 558 g/mol. The second-order valence-electron chi connectivity index (χ2n) is 12.2. The minimum atomic E-state index is -0.664. The summed E-state index contributed by atoms with van der Waals surface area (Å²) in [5.41, 5.74) is 0. The highest BCUT2D eigenvalue weighted by Gasteiger charge is 2.17. The molecule has 0 rings (SSSR count). The normalized spacial score (nSPS) is 12.0. The van der Waals surface area contributed by atoms with E-state index in [4.69, 9.17) is 18.9 Å². The second kappa shape index (κ2) is 31.2. The average Bonchev–Trinajstić information content (AvgIpc) is 3.02. The van der Waals surface area contributed by atoms with Crippen LogP contribution in [0.2, 0.25) is 0 Å². The molecule has 0 N–H and O–H groups in total. The largest absolute Gasteiger partial charge is 0.508 e. The van der Waals surface area contributed by atoms with E-state index in [9.17, 15) is 14.4 Å². The van der Waals surface area contributed by atoms with Gasteiger partial charge in [-0.05, 0) is 51.6 Å². The average molecular weight is 628 g/mol. The molecule has 260 valence electrons. The van der Waals surface area contributed by atoms with Gasteiger partial charge in [-0.15, -0.1) is 0 Å². The first-order chi connectivity index (χ1) is 21.4. The summed E-state index contributed by atoms with van der Waals surface area (Å²) in [5, 5.41) is 0. The minimum absolute atomic E-state index is 0.0565. The van der Waals surface area contributed by atoms with Crippen molar-refractivity contribution in [3.63, 3.8) is 0 Å². The van der Waals surface area contributed by atoms with E-state index in [-0.39, 0.29) is 37.2 Å². The monoisotopic (exact) mass is 628 g/mol. The van der Waals surface area contributed by atoms with Gasteiger partial charge >= 0.3 is 18.1 Å². The molecule has 0 fully saturated rings. The Labute approximate surface area is 270 Å². The fourth-order valence-corrected chi connectivity index (χ4v) is 5.18. The zero-order valence-corrected chi connectivity index (χ0v) is 29.3. The zero-order valence-electron chi connectivity index (χ0n) is 29.3. The molecule has 0 saturated heterocycles. The van der Waals surface area contributed by atoms with Crippen molar-refractivity contribution in [3.05, 3.63) is 0 Å². The van der Waals surface area contributed by atoms with Gasteiger partial charge in [0.15, 0.2) is 0 Å². The van der Waals surface area contributed by atoms with Crippen molar-refractivity contribution in [1.29, 1.82) is 0 Å². The second-order valence-corrected chi connectivity index (χ2v) is 12.2. The number of hydrogen-bond donors (Lipinski definition) is 0. The van der Waals surface area contributed by atoms with Gasteiger partial charge in [0, 0.05) is 25.3 Å². The van der Waals surface area contributed by atoms with Crippen molar-refractivity contribution in [1.82, 2.24) is 4.90 Å². The van der Waals surface area contributed by atoms with E-state index < -0.39 is 6.16 Å². The predicted molar refractivity (Wildman–Crippen MR) is 179 cm³/mol. The van der Waals surface area contributed by atoms with Crippen LogP contribution >= 0.6 is 0 Å². The molecule has 0 heterocycles. The lowest BCUT2D eigenvalue weighted by Gasteiger charge is -2.18. The van der Waals surface area contributed by atoms with Gasteiger partial charge in [-0.3, -0.25) is 9.59 Å². The van der Waals surface area contributed by atoms with E-state index >= 15 is 0 Å². The van der Waals surface area contributed by atoms with Gasteiger partial charge < -0.3 is 23.8 Å². The summed E-state index contributed by atoms with van der Waals surface area (Å²) in [5.74, 6) is -0.338. The molecule has 0 aliphatic carbocycles. The Morgan fingerprint density at radius 1 is 0.545 bits per heavy atom. The molecule has 0 radical (unpaired) electrons. The lowest BCUT2D eigenvalue weighted by Crippen LogP contribution is -2.25. The van der Waals surface area contributed by atoms with Gasteiger partial charge in [-0.25, -0.2) is 4.79 Å². The van der Waals surface area contributed by atoms with Crippen LogP contribution in [-0.2, 0) is 28.5 Å². The number of rotatable bonds is 31. The molecule has 0 spiro atoms. The molecule has 0 aromatic carbocycles.